The van der Waals surface area contributed by atoms with Crippen molar-refractivity contribution in [1.82, 2.24) is 15.1 Å². The van der Waals surface area contributed by atoms with E-state index in [9.17, 15) is 19.2 Å². The molecule has 65 heavy (non-hydrogen) atoms. The van der Waals surface area contributed by atoms with Crippen molar-refractivity contribution < 1.29 is 38.1 Å². The number of hydrogen-bond acceptors (Lipinski definition) is 11. The third-order valence-corrected chi connectivity index (χ3v) is 12.0. The fraction of sp³-hybridized carbons (Fsp3) is 0.320. The van der Waals surface area contributed by atoms with Crippen LogP contribution in [0.25, 0.3) is 11.1 Å². The largest absolute Gasteiger partial charge is 0.493 e. The number of carbonyl (C=O) groups excluding carboxylic acids is 4. The number of aliphatic imine (C=N–C) groups is 2. The Labute approximate surface area is 378 Å². The molecule has 0 radical (unpaired) electrons. The zero-order chi connectivity index (χ0) is 45.9. The summed E-state index contributed by atoms with van der Waals surface area (Å²) < 4.78 is 23.6. The standard InChI is InChI=1S/C50H53N7O8/c1-28(2)46(51)48(59)54-30(4)47(58)55-35-14-12-32(13-15-35)34-19-37-25-53-41-23-45(43(63-6)21-39(41)50(61)57(37)27-34)65-17-7-16-64-44-22-40-38(20-42(44)62-5)49(60)56-26-33(18-36(56)24-52-40)31-10-8-29(3)9-11-31/h8-15,20-28,30,36-37,46H,7,16-19,51H2,1-6H3,(H,54,59)(H,55,58)/t30-,36-,37-,46-/m0/s1. The molecular formula is C50H53N7O8. The number of rotatable bonds is 15. The number of nitrogens with two attached hydrogens (primary N) is 1. The van der Waals surface area contributed by atoms with E-state index in [1.54, 1.807) is 59.3 Å². The van der Waals surface area contributed by atoms with Crippen LogP contribution in [0.4, 0.5) is 17.1 Å². The lowest BCUT2D eigenvalue weighted by atomic mass is 10.0. The average molecular weight is 880 g/mol. The van der Waals surface area contributed by atoms with E-state index in [0.717, 1.165) is 22.3 Å². The molecule has 4 amide bonds. The molecule has 4 aliphatic heterocycles. The van der Waals surface area contributed by atoms with E-state index in [2.05, 4.69) is 41.8 Å². The van der Waals surface area contributed by atoms with Crippen LogP contribution in [0, 0.1) is 12.8 Å². The minimum absolute atomic E-state index is 0.0583. The van der Waals surface area contributed by atoms with Crippen LogP contribution in [0.2, 0.25) is 0 Å². The van der Waals surface area contributed by atoms with Gasteiger partial charge in [-0.05, 0) is 66.3 Å². The lowest BCUT2D eigenvalue weighted by Crippen LogP contribution is -2.50. The van der Waals surface area contributed by atoms with E-state index in [1.165, 1.54) is 19.8 Å². The molecule has 0 saturated heterocycles. The predicted molar refractivity (Wildman–Crippen MR) is 250 cm³/mol. The Morgan fingerprint density at radius 3 is 1.65 bits per heavy atom. The van der Waals surface area contributed by atoms with Crippen LogP contribution in [-0.4, -0.2) is 97.5 Å². The Bertz CT molecular complexity index is 2640. The summed E-state index contributed by atoms with van der Waals surface area (Å²) in [6.07, 6.45) is 9.04. The third-order valence-electron chi connectivity index (χ3n) is 12.0. The fourth-order valence-electron chi connectivity index (χ4n) is 8.03. The van der Waals surface area contributed by atoms with Gasteiger partial charge in [-0.2, -0.15) is 0 Å². The van der Waals surface area contributed by atoms with Gasteiger partial charge in [0, 0.05) is 61.9 Å². The van der Waals surface area contributed by atoms with Gasteiger partial charge in [-0.15, -0.1) is 0 Å². The van der Waals surface area contributed by atoms with Gasteiger partial charge >= 0.3 is 0 Å². The molecule has 0 saturated carbocycles. The SMILES string of the molecule is COc1cc2c(cc1OCCCOc1cc3c(cc1OC)C(=O)N1C=C(c4ccc(NC(=O)[C@H](C)NC(=O)[C@@H](N)C(C)C)cc4)C[C@H]1C=N3)N=C[C@@H]1CC(c3ccc(C)cc3)=CN1C2=O. The fourth-order valence-corrected chi connectivity index (χ4v) is 8.03. The van der Waals surface area contributed by atoms with Crippen LogP contribution in [0.5, 0.6) is 23.0 Å². The Morgan fingerprint density at radius 1 is 0.708 bits per heavy atom. The highest BCUT2D eigenvalue weighted by atomic mass is 16.5. The molecule has 4 N–H and O–H groups in total. The maximum Gasteiger partial charge on any atom is 0.260 e. The van der Waals surface area contributed by atoms with Gasteiger partial charge in [-0.1, -0.05) is 55.8 Å². The first-order valence-corrected chi connectivity index (χ1v) is 21.7. The number of nitrogens with one attached hydrogen (secondary N) is 2. The van der Waals surface area contributed by atoms with E-state index in [-0.39, 0.29) is 54.8 Å². The second-order valence-electron chi connectivity index (χ2n) is 16.9. The minimum atomic E-state index is -0.775. The molecule has 0 aromatic heterocycles. The Hall–Kier alpha value is -7.26. The van der Waals surface area contributed by atoms with Crippen molar-refractivity contribution in [2.75, 3.05) is 32.8 Å². The highest BCUT2D eigenvalue weighted by Crippen LogP contribution is 2.42. The van der Waals surface area contributed by atoms with Gasteiger partial charge in [0.15, 0.2) is 23.0 Å². The lowest BCUT2D eigenvalue weighted by Gasteiger charge is -2.19. The molecule has 0 fully saturated rings. The van der Waals surface area contributed by atoms with E-state index >= 15 is 0 Å². The number of amides is 4. The van der Waals surface area contributed by atoms with Crippen LogP contribution in [0.3, 0.4) is 0 Å². The van der Waals surface area contributed by atoms with E-state index in [4.69, 9.17) is 34.7 Å². The molecule has 0 unspecified atom stereocenters. The average Bonchev–Trinajstić information content (AvgIpc) is 3.88. The number of ether oxygens (including phenoxy) is 4. The number of fused-ring (bicyclic) bond motifs is 4. The van der Waals surface area contributed by atoms with Gasteiger partial charge in [0.1, 0.15) is 6.04 Å². The Balaban J connectivity index is 0.864. The van der Waals surface area contributed by atoms with Crippen LogP contribution in [0.1, 0.15) is 77.4 Å². The van der Waals surface area contributed by atoms with Crippen molar-refractivity contribution >= 4 is 64.3 Å². The molecule has 0 aliphatic carbocycles. The lowest BCUT2D eigenvalue weighted by molar-refractivity contribution is -0.127. The zero-order valence-electron chi connectivity index (χ0n) is 37.3. The summed E-state index contributed by atoms with van der Waals surface area (Å²) in [5, 5.41) is 5.49. The molecule has 8 rings (SSSR count). The van der Waals surface area contributed by atoms with Crippen molar-refractivity contribution in [3.05, 3.63) is 113 Å². The number of carbonyl (C=O) groups is 4. The summed E-state index contributed by atoms with van der Waals surface area (Å²) in [6.45, 7) is 7.90. The predicted octanol–water partition coefficient (Wildman–Crippen LogP) is 7.23. The Morgan fingerprint density at radius 2 is 1.18 bits per heavy atom. The first-order valence-electron chi connectivity index (χ1n) is 21.7. The van der Waals surface area contributed by atoms with Crippen molar-refractivity contribution in [3.8, 4) is 23.0 Å². The summed E-state index contributed by atoms with van der Waals surface area (Å²) in [7, 11) is 3.06. The van der Waals surface area contributed by atoms with Crippen molar-refractivity contribution in [2.24, 2.45) is 21.6 Å². The smallest absolute Gasteiger partial charge is 0.260 e. The third kappa shape index (κ3) is 9.36. The molecule has 4 aromatic rings. The summed E-state index contributed by atoms with van der Waals surface area (Å²) >= 11 is 0. The molecule has 4 aromatic carbocycles. The van der Waals surface area contributed by atoms with E-state index in [0.29, 0.717) is 70.4 Å². The van der Waals surface area contributed by atoms with Gasteiger partial charge in [0.05, 0.1) is 68.1 Å². The summed E-state index contributed by atoms with van der Waals surface area (Å²) in [5.41, 5.74) is 13.4. The highest BCUT2D eigenvalue weighted by molar-refractivity contribution is 6.06. The number of aryl methyl sites for hydroxylation is 1. The van der Waals surface area contributed by atoms with Gasteiger partial charge in [-0.25, -0.2) is 0 Å². The number of nitrogens with zero attached hydrogens (tertiary/aromatic N) is 4. The summed E-state index contributed by atoms with van der Waals surface area (Å²) in [6, 6.07) is 20.4. The first kappa shape index (κ1) is 44.4. The molecule has 4 heterocycles. The van der Waals surface area contributed by atoms with Gasteiger partial charge < -0.3 is 45.1 Å². The van der Waals surface area contributed by atoms with E-state index < -0.39 is 12.1 Å². The zero-order valence-corrected chi connectivity index (χ0v) is 37.3. The Kier molecular flexibility index (Phi) is 12.9. The molecule has 4 aliphatic rings. The quantitative estimate of drug-likeness (QED) is 0.104. The second-order valence-corrected chi connectivity index (χ2v) is 16.9. The molecule has 4 atom stereocenters. The second kappa shape index (κ2) is 18.8. The maximum atomic E-state index is 14.0. The van der Waals surface area contributed by atoms with Crippen molar-refractivity contribution in [1.29, 1.82) is 0 Å². The van der Waals surface area contributed by atoms with Gasteiger partial charge in [0.25, 0.3) is 11.8 Å². The number of methoxy groups -OCH3 is 2. The molecule has 0 spiro atoms. The topological polar surface area (TPSA) is 186 Å². The molecular weight excluding hydrogens is 827 g/mol. The normalized spacial score (nSPS) is 18.0. The number of hydrogen-bond donors (Lipinski definition) is 3. The minimum Gasteiger partial charge on any atom is -0.493 e. The number of benzene rings is 4. The molecule has 336 valence electrons. The summed E-state index contributed by atoms with van der Waals surface area (Å²) in [5.74, 6) is 0.531. The molecule has 15 heteroatoms. The first-order chi connectivity index (χ1) is 31.3. The van der Waals surface area contributed by atoms with Crippen LogP contribution < -0.4 is 35.3 Å². The van der Waals surface area contributed by atoms with E-state index in [1.807, 2.05) is 44.6 Å². The van der Waals surface area contributed by atoms with Crippen molar-refractivity contribution in [3.63, 3.8) is 0 Å². The maximum absolute atomic E-state index is 14.0. The molecule has 15 nitrogen and oxygen atoms in total. The van der Waals surface area contributed by atoms with Crippen molar-refractivity contribution in [2.45, 2.75) is 71.1 Å². The number of anilines is 1. The van der Waals surface area contributed by atoms with Gasteiger partial charge in [0.2, 0.25) is 11.8 Å². The van der Waals surface area contributed by atoms with Gasteiger partial charge in [-0.3, -0.25) is 29.2 Å². The monoisotopic (exact) mass is 879 g/mol. The van der Waals surface area contributed by atoms with Crippen LogP contribution >= 0.6 is 0 Å². The van der Waals surface area contributed by atoms with Crippen LogP contribution in [-0.2, 0) is 9.59 Å². The highest BCUT2D eigenvalue weighted by Gasteiger charge is 2.35. The van der Waals surface area contributed by atoms with Crippen LogP contribution in [0.15, 0.2) is 95.2 Å². The summed E-state index contributed by atoms with van der Waals surface area (Å²) in [4.78, 5) is 65.7. The molecule has 0 bridgehead atoms.